The third kappa shape index (κ3) is 5.80. The molecule has 1 unspecified atom stereocenters. The van der Waals surface area contributed by atoms with Crippen molar-refractivity contribution in [2.45, 2.75) is 77.3 Å². The van der Waals surface area contributed by atoms with Crippen LogP contribution < -0.4 is 5.32 Å². The number of nitrogens with one attached hydrogen (secondary N) is 1. The van der Waals surface area contributed by atoms with E-state index in [9.17, 15) is 5.11 Å². The van der Waals surface area contributed by atoms with E-state index in [1.807, 2.05) is 0 Å². The molecule has 1 saturated carbocycles. The van der Waals surface area contributed by atoms with E-state index >= 15 is 0 Å². The molecule has 1 aliphatic carbocycles. The Morgan fingerprint density at radius 3 is 2.32 bits per heavy atom. The van der Waals surface area contributed by atoms with Gasteiger partial charge in [-0.2, -0.15) is 0 Å². The van der Waals surface area contributed by atoms with Gasteiger partial charge in [0.05, 0.1) is 6.61 Å². The maximum absolute atomic E-state index is 9.66. The molecule has 0 aliphatic heterocycles. The quantitative estimate of drug-likeness (QED) is 0.572. The fraction of sp³-hybridized carbons (Fsp3) is 1.00. The van der Waals surface area contributed by atoms with Crippen LogP contribution in [0.4, 0.5) is 0 Å². The van der Waals surface area contributed by atoms with Crippen molar-refractivity contribution in [3.63, 3.8) is 0 Å². The molecular formula is C16H34N2O. The molecule has 1 aliphatic rings. The van der Waals surface area contributed by atoms with E-state index in [4.69, 9.17) is 0 Å². The van der Waals surface area contributed by atoms with Crippen molar-refractivity contribution in [2.24, 2.45) is 0 Å². The van der Waals surface area contributed by atoms with Crippen LogP contribution in [0.2, 0.25) is 0 Å². The zero-order valence-corrected chi connectivity index (χ0v) is 13.2. The van der Waals surface area contributed by atoms with Crippen LogP contribution in [0.5, 0.6) is 0 Å². The van der Waals surface area contributed by atoms with E-state index in [1.54, 1.807) is 0 Å². The van der Waals surface area contributed by atoms with Crippen LogP contribution in [-0.4, -0.2) is 47.8 Å². The first-order valence-electron chi connectivity index (χ1n) is 8.31. The standard InChI is InChI=1S/C16H34N2O/c1-4-7-12-18(15-9-10-15)13-8-11-16(5-2,14-19)17-6-3/h15,17,19H,4-14H2,1-3H3. The second kappa shape index (κ2) is 8.93. The Bertz CT molecular complexity index is 225. The van der Waals surface area contributed by atoms with Gasteiger partial charge in [-0.15, -0.1) is 0 Å². The van der Waals surface area contributed by atoms with Gasteiger partial charge in [0.25, 0.3) is 0 Å². The molecule has 3 heteroatoms. The Kier molecular flexibility index (Phi) is 7.96. The molecule has 1 rings (SSSR count). The van der Waals surface area contributed by atoms with Gasteiger partial charge in [0.1, 0.15) is 0 Å². The molecule has 0 bridgehead atoms. The number of likely N-dealkylation sites (N-methyl/N-ethyl adjacent to an activating group) is 1. The molecule has 0 radical (unpaired) electrons. The normalized spacial score (nSPS) is 18.8. The highest BCUT2D eigenvalue weighted by Gasteiger charge is 2.30. The zero-order chi connectivity index (χ0) is 14.1. The predicted octanol–water partition coefficient (Wildman–Crippen LogP) is 2.78. The van der Waals surface area contributed by atoms with E-state index in [0.717, 1.165) is 25.4 Å². The maximum atomic E-state index is 9.66. The highest BCUT2D eigenvalue weighted by atomic mass is 16.3. The molecule has 0 aromatic carbocycles. The van der Waals surface area contributed by atoms with Gasteiger partial charge in [-0.3, -0.25) is 0 Å². The smallest absolute Gasteiger partial charge is 0.0613 e. The Balaban J connectivity index is 2.32. The molecule has 3 nitrogen and oxygen atoms in total. The molecule has 2 N–H and O–H groups in total. The molecule has 0 amide bonds. The minimum absolute atomic E-state index is 0.0469. The van der Waals surface area contributed by atoms with Crippen LogP contribution in [0.25, 0.3) is 0 Å². The third-order valence-corrected chi connectivity index (χ3v) is 4.49. The largest absolute Gasteiger partial charge is 0.394 e. The van der Waals surface area contributed by atoms with E-state index in [2.05, 4.69) is 31.0 Å². The van der Waals surface area contributed by atoms with Crippen molar-refractivity contribution in [3.05, 3.63) is 0 Å². The lowest BCUT2D eigenvalue weighted by Crippen LogP contribution is -2.48. The molecule has 0 saturated heterocycles. The molecule has 0 aromatic rings. The van der Waals surface area contributed by atoms with Crippen LogP contribution >= 0.6 is 0 Å². The summed E-state index contributed by atoms with van der Waals surface area (Å²) in [6.07, 6.45) is 8.70. The minimum Gasteiger partial charge on any atom is -0.394 e. The summed E-state index contributed by atoms with van der Waals surface area (Å²) >= 11 is 0. The molecular weight excluding hydrogens is 236 g/mol. The molecule has 1 atom stereocenters. The summed E-state index contributed by atoms with van der Waals surface area (Å²) < 4.78 is 0. The Labute approximate surface area is 119 Å². The number of hydrogen-bond donors (Lipinski definition) is 2. The van der Waals surface area contributed by atoms with Gasteiger partial charge < -0.3 is 15.3 Å². The van der Waals surface area contributed by atoms with Crippen molar-refractivity contribution in [3.8, 4) is 0 Å². The van der Waals surface area contributed by atoms with Crippen LogP contribution in [-0.2, 0) is 0 Å². The van der Waals surface area contributed by atoms with E-state index in [1.165, 1.54) is 45.2 Å². The second-order valence-electron chi connectivity index (χ2n) is 6.05. The molecule has 19 heavy (non-hydrogen) atoms. The monoisotopic (exact) mass is 270 g/mol. The average Bonchev–Trinajstić information content (AvgIpc) is 3.26. The van der Waals surface area contributed by atoms with E-state index < -0.39 is 0 Å². The summed E-state index contributed by atoms with van der Waals surface area (Å²) in [5.41, 5.74) is -0.0469. The van der Waals surface area contributed by atoms with Crippen molar-refractivity contribution in [2.75, 3.05) is 26.2 Å². The molecule has 1 fully saturated rings. The SMILES string of the molecule is CCCCN(CCCC(CC)(CO)NCC)C1CC1. The second-order valence-corrected chi connectivity index (χ2v) is 6.05. The lowest BCUT2D eigenvalue weighted by Gasteiger charge is -2.33. The van der Waals surface area contributed by atoms with Crippen molar-refractivity contribution >= 4 is 0 Å². The number of nitrogens with zero attached hydrogens (tertiary/aromatic N) is 1. The molecule has 0 spiro atoms. The van der Waals surface area contributed by atoms with Crippen molar-refractivity contribution < 1.29 is 5.11 Å². The number of unbranched alkanes of at least 4 members (excludes halogenated alkanes) is 1. The summed E-state index contributed by atoms with van der Waals surface area (Å²) in [6, 6.07) is 0.871. The first kappa shape index (κ1) is 16.9. The van der Waals surface area contributed by atoms with Gasteiger partial charge in [-0.1, -0.05) is 27.2 Å². The first-order valence-corrected chi connectivity index (χ1v) is 8.31. The summed E-state index contributed by atoms with van der Waals surface area (Å²) in [5.74, 6) is 0. The van der Waals surface area contributed by atoms with Crippen molar-refractivity contribution in [1.29, 1.82) is 0 Å². The van der Waals surface area contributed by atoms with Gasteiger partial charge in [-0.05, 0) is 58.2 Å². The third-order valence-electron chi connectivity index (χ3n) is 4.49. The molecule has 0 aromatic heterocycles. The first-order chi connectivity index (χ1) is 9.21. The van der Waals surface area contributed by atoms with Crippen LogP contribution in [0.1, 0.15) is 65.7 Å². The maximum Gasteiger partial charge on any atom is 0.0613 e. The predicted molar refractivity (Wildman–Crippen MR) is 82.5 cm³/mol. The van der Waals surface area contributed by atoms with Gasteiger partial charge >= 0.3 is 0 Å². The van der Waals surface area contributed by atoms with E-state index in [0.29, 0.717) is 0 Å². The Morgan fingerprint density at radius 2 is 1.84 bits per heavy atom. The van der Waals surface area contributed by atoms with Crippen LogP contribution in [0.3, 0.4) is 0 Å². The summed E-state index contributed by atoms with van der Waals surface area (Å²) in [6.45, 7) is 10.2. The number of aliphatic hydroxyl groups excluding tert-OH is 1. The summed E-state index contributed by atoms with van der Waals surface area (Å²) in [5, 5.41) is 13.1. The number of aliphatic hydroxyl groups is 1. The summed E-state index contributed by atoms with van der Waals surface area (Å²) in [7, 11) is 0. The molecule has 0 heterocycles. The van der Waals surface area contributed by atoms with Gasteiger partial charge in [0.2, 0.25) is 0 Å². The van der Waals surface area contributed by atoms with Gasteiger partial charge in [0.15, 0.2) is 0 Å². The fourth-order valence-corrected chi connectivity index (χ4v) is 2.91. The highest BCUT2D eigenvalue weighted by Crippen LogP contribution is 2.28. The number of rotatable bonds is 12. The van der Waals surface area contributed by atoms with E-state index in [-0.39, 0.29) is 12.1 Å². The Hall–Kier alpha value is -0.120. The lowest BCUT2D eigenvalue weighted by atomic mass is 9.91. The average molecular weight is 270 g/mol. The van der Waals surface area contributed by atoms with Crippen LogP contribution in [0.15, 0.2) is 0 Å². The molecule has 114 valence electrons. The topological polar surface area (TPSA) is 35.5 Å². The van der Waals surface area contributed by atoms with Crippen molar-refractivity contribution in [1.82, 2.24) is 10.2 Å². The summed E-state index contributed by atoms with van der Waals surface area (Å²) in [4.78, 5) is 2.67. The number of hydrogen-bond acceptors (Lipinski definition) is 3. The minimum atomic E-state index is -0.0469. The lowest BCUT2D eigenvalue weighted by molar-refractivity contribution is 0.139. The zero-order valence-electron chi connectivity index (χ0n) is 13.2. The van der Waals surface area contributed by atoms with Gasteiger partial charge in [0, 0.05) is 11.6 Å². The highest BCUT2D eigenvalue weighted by molar-refractivity contribution is 4.88. The Morgan fingerprint density at radius 1 is 1.16 bits per heavy atom. The van der Waals surface area contributed by atoms with Crippen LogP contribution in [0, 0.1) is 0 Å². The van der Waals surface area contributed by atoms with Gasteiger partial charge in [-0.25, -0.2) is 0 Å². The fourth-order valence-electron chi connectivity index (χ4n) is 2.91.